The van der Waals surface area contributed by atoms with Crippen LogP contribution in [0.2, 0.25) is 0 Å². The summed E-state index contributed by atoms with van der Waals surface area (Å²) in [5.41, 5.74) is 0. The van der Waals surface area contributed by atoms with Crippen molar-refractivity contribution in [1.29, 1.82) is 0 Å². The molecule has 1 N–H and O–H groups in total. The lowest BCUT2D eigenvalue weighted by atomic mass is 9.91. The maximum atomic E-state index is 12.5. The van der Waals surface area contributed by atoms with Gasteiger partial charge in [-0.15, -0.1) is 0 Å². The Labute approximate surface area is 112 Å². The summed E-state index contributed by atoms with van der Waals surface area (Å²) in [7, 11) is 0. The van der Waals surface area contributed by atoms with Crippen molar-refractivity contribution in [2.75, 3.05) is 19.6 Å². The van der Waals surface area contributed by atoms with Crippen LogP contribution in [-0.4, -0.2) is 42.7 Å². The fraction of sp³-hybridized carbons (Fsp3) is 0.923. The van der Waals surface area contributed by atoms with Crippen molar-refractivity contribution < 1.29 is 18.0 Å². The minimum atomic E-state index is -4.13. The Hall–Kier alpha value is -0.780. The first-order valence-corrected chi connectivity index (χ1v) is 6.80. The summed E-state index contributed by atoms with van der Waals surface area (Å²) in [6.07, 6.45) is -4.49. The van der Waals surface area contributed by atoms with Crippen molar-refractivity contribution in [2.45, 2.75) is 45.8 Å². The topological polar surface area (TPSA) is 32.3 Å². The number of amides is 1. The first-order valence-electron chi connectivity index (χ1n) is 6.80. The molecular weight excluding hydrogens is 257 g/mol. The molecule has 1 rings (SSSR count). The Morgan fingerprint density at radius 2 is 2.00 bits per heavy atom. The molecule has 0 spiro atoms. The largest absolute Gasteiger partial charge is 0.389 e. The van der Waals surface area contributed by atoms with E-state index < -0.39 is 18.5 Å². The van der Waals surface area contributed by atoms with Crippen LogP contribution in [0, 0.1) is 11.8 Å². The van der Waals surface area contributed by atoms with E-state index >= 15 is 0 Å². The van der Waals surface area contributed by atoms with Gasteiger partial charge in [-0.25, -0.2) is 0 Å². The predicted octanol–water partition coefficient (Wildman–Crippen LogP) is 2.42. The SMILES string of the molecule is CCN1CC(CC(F)(F)F)CC(NC(=O)C(C)C)C1. The number of carbonyl (C=O) groups excluding carboxylic acids is 1. The maximum absolute atomic E-state index is 12.5. The minimum Gasteiger partial charge on any atom is -0.352 e. The molecule has 0 aromatic rings. The van der Waals surface area contributed by atoms with E-state index in [-0.39, 0.29) is 17.9 Å². The molecule has 2 atom stereocenters. The molecule has 6 heteroatoms. The molecule has 0 radical (unpaired) electrons. The van der Waals surface area contributed by atoms with E-state index in [0.29, 0.717) is 26.1 Å². The monoisotopic (exact) mass is 280 g/mol. The third-order valence-corrected chi connectivity index (χ3v) is 3.45. The van der Waals surface area contributed by atoms with Crippen molar-refractivity contribution in [1.82, 2.24) is 10.2 Å². The number of alkyl halides is 3. The van der Waals surface area contributed by atoms with E-state index in [4.69, 9.17) is 0 Å². The molecule has 0 saturated carbocycles. The van der Waals surface area contributed by atoms with Gasteiger partial charge in [-0.05, 0) is 18.9 Å². The Morgan fingerprint density at radius 1 is 1.37 bits per heavy atom. The average Bonchev–Trinajstić information content (AvgIpc) is 2.25. The molecule has 1 saturated heterocycles. The molecule has 1 amide bonds. The molecule has 1 aliphatic rings. The van der Waals surface area contributed by atoms with Crippen molar-refractivity contribution in [3.05, 3.63) is 0 Å². The quantitative estimate of drug-likeness (QED) is 0.857. The van der Waals surface area contributed by atoms with Gasteiger partial charge >= 0.3 is 6.18 Å². The summed E-state index contributed by atoms with van der Waals surface area (Å²) in [6, 6.07) is -0.170. The second-order valence-electron chi connectivity index (χ2n) is 5.63. The van der Waals surface area contributed by atoms with Crippen molar-refractivity contribution >= 4 is 5.91 Å². The van der Waals surface area contributed by atoms with E-state index in [9.17, 15) is 18.0 Å². The third kappa shape index (κ3) is 5.80. The lowest BCUT2D eigenvalue weighted by Crippen LogP contribution is -2.52. The first-order chi connectivity index (χ1) is 8.71. The number of nitrogens with zero attached hydrogens (tertiary/aromatic N) is 1. The van der Waals surface area contributed by atoms with E-state index in [0.717, 1.165) is 0 Å². The van der Waals surface area contributed by atoms with Gasteiger partial charge in [0.1, 0.15) is 0 Å². The Bertz CT molecular complexity index is 305. The molecule has 1 aliphatic heterocycles. The molecule has 2 unspecified atom stereocenters. The molecule has 0 aromatic carbocycles. The molecular formula is C13H23F3N2O. The fourth-order valence-corrected chi connectivity index (χ4v) is 2.51. The van der Waals surface area contributed by atoms with Crippen LogP contribution < -0.4 is 5.32 Å². The second-order valence-corrected chi connectivity index (χ2v) is 5.63. The van der Waals surface area contributed by atoms with Gasteiger partial charge < -0.3 is 10.2 Å². The summed E-state index contributed by atoms with van der Waals surface area (Å²) >= 11 is 0. The van der Waals surface area contributed by atoms with Gasteiger partial charge in [0.2, 0.25) is 5.91 Å². The highest BCUT2D eigenvalue weighted by Crippen LogP contribution is 2.30. The summed E-state index contributed by atoms with van der Waals surface area (Å²) in [5.74, 6) is -0.655. The second kappa shape index (κ2) is 6.59. The Morgan fingerprint density at radius 3 is 2.47 bits per heavy atom. The summed E-state index contributed by atoms with van der Waals surface area (Å²) < 4.78 is 37.4. The third-order valence-electron chi connectivity index (χ3n) is 3.45. The van der Waals surface area contributed by atoms with Crippen LogP contribution in [0.4, 0.5) is 13.2 Å². The molecule has 3 nitrogen and oxygen atoms in total. The molecule has 1 fully saturated rings. The number of hydrogen-bond acceptors (Lipinski definition) is 2. The summed E-state index contributed by atoms with van der Waals surface area (Å²) in [5, 5.41) is 2.85. The van der Waals surface area contributed by atoms with Crippen molar-refractivity contribution in [3.8, 4) is 0 Å². The van der Waals surface area contributed by atoms with E-state index in [1.54, 1.807) is 13.8 Å². The zero-order chi connectivity index (χ0) is 14.6. The Kier molecular flexibility index (Phi) is 5.64. The smallest absolute Gasteiger partial charge is 0.352 e. The standard InChI is InChI=1S/C13H23F3N2O/c1-4-18-7-10(6-13(14,15)16)5-11(8-18)17-12(19)9(2)3/h9-11H,4-8H2,1-3H3,(H,17,19). The van der Waals surface area contributed by atoms with Crippen LogP contribution in [0.15, 0.2) is 0 Å². The predicted molar refractivity (Wildman–Crippen MR) is 67.7 cm³/mol. The van der Waals surface area contributed by atoms with E-state index in [1.165, 1.54) is 0 Å². The lowest BCUT2D eigenvalue weighted by molar-refractivity contribution is -0.149. The molecule has 0 aromatic heterocycles. The number of piperidine rings is 1. The van der Waals surface area contributed by atoms with Crippen LogP contribution in [0.1, 0.15) is 33.6 Å². The zero-order valence-corrected chi connectivity index (χ0v) is 11.8. The summed E-state index contributed by atoms with van der Waals surface area (Å²) in [4.78, 5) is 13.6. The van der Waals surface area contributed by atoms with Crippen LogP contribution in [-0.2, 0) is 4.79 Å². The van der Waals surface area contributed by atoms with Gasteiger partial charge in [0.15, 0.2) is 0 Å². The van der Waals surface area contributed by atoms with Crippen molar-refractivity contribution in [3.63, 3.8) is 0 Å². The maximum Gasteiger partial charge on any atom is 0.389 e. The number of rotatable bonds is 4. The average molecular weight is 280 g/mol. The molecule has 0 aliphatic carbocycles. The van der Waals surface area contributed by atoms with Crippen molar-refractivity contribution in [2.24, 2.45) is 11.8 Å². The van der Waals surface area contributed by atoms with Gasteiger partial charge in [0.05, 0.1) is 0 Å². The highest BCUT2D eigenvalue weighted by Gasteiger charge is 2.36. The van der Waals surface area contributed by atoms with Crippen LogP contribution in [0.3, 0.4) is 0 Å². The molecule has 19 heavy (non-hydrogen) atoms. The fourth-order valence-electron chi connectivity index (χ4n) is 2.51. The van der Waals surface area contributed by atoms with Gasteiger partial charge in [0, 0.05) is 31.5 Å². The van der Waals surface area contributed by atoms with Crippen LogP contribution in [0.25, 0.3) is 0 Å². The highest BCUT2D eigenvalue weighted by atomic mass is 19.4. The number of halogens is 3. The van der Waals surface area contributed by atoms with E-state index in [1.807, 2.05) is 11.8 Å². The minimum absolute atomic E-state index is 0.0892. The molecule has 112 valence electrons. The Balaban J connectivity index is 2.60. The molecule has 1 heterocycles. The van der Waals surface area contributed by atoms with Gasteiger partial charge in [-0.2, -0.15) is 13.2 Å². The highest BCUT2D eigenvalue weighted by molar-refractivity contribution is 5.78. The summed E-state index contributed by atoms with van der Waals surface area (Å²) in [6.45, 7) is 7.30. The number of nitrogens with one attached hydrogen (secondary N) is 1. The van der Waals surface area contributed by atoms with Gasteiger partial charge in [-0.3, -0.25) is 4.79 Å². The first kappa shape index (κ1) is 16.3. The van der Waals surface area contributed by atoms with E-state index in [2.05, 4.69) is 5.32 Å². The normalized spacial score (nSPS) is 25.6. The van der Waals surface area contributed by atoms with Crippen LogP contribution in [0.5, 0.6) is 0 Å². The lowest BCUT2D eigenvalue weighted by Gasteiger charge is -2.38. The van der Waals surface area contributed by atoms with Gasteiger partial charge in [0.25, 0.3) is 0 Å². The zero-order valence-electron chi connectivity index (χ0n) is 11.8. The van der Waals surface area contributed by atoms with Gasteiger partial charge in [-0.1, -0.05) is 20.8 Å². The number of likely N-dealkylation sites (N-methyl/N-ethyl adjacent to an activating group) is 1. The number of hydrogen-bond donors (Lipinski definition) is 1. The molecule has 0 bridgehead atoms. The van der Waals surface area contributed by atoms with Crippen LogP contribution >= 0.6 is 0 Å². The number of likely N-dealkylation sites (tertiary alicyclic amines) is 1. The number of carbonyl (C=O) groups is 1.